The Hall–Kier alpha value is -2.41. The van der Waals surface area contributed by atoms with Crippen LogP contribution in [0.5, 0.6) is 0 Å². The zero-order valence-corrected chi connectivity index (χ0v) is 12.7. The number of esters is 1. The van der Waals surface area contributed by atoms with Crippen molar-refractivity contribution in [1.82, 2.24) is 5.32 Å². The molecule has 0 fully saturated rings. The maximum atomic E-state index is 11.8. The molecule has 0 aromatic heterocycles. The number of hydrogen-bond acceptors (Lipinski definition) is 5. The van der Waals surface area contributed by atoms with E-state index in [-0.39, 0.29) is 12.3 Å². The van der Waals surface area contributed by atoms with E-state index in [1.165, 1.54) is 7.11 Å². The second kappa shape index (κ2) is 9.51. The van der Waals surface area contributed by atoms with Crippen molar-refractivity contribution < 1.29 is 23.9 Å². The minimum absolute atomic E-state index is 0.191. The van der Waals surface area contributed by atoms with E-state index in [4.69, 9.17) is 4.74 Å². The lowest BCUT2D eigenvalue weighted by molar-refractivity contribution is -0.142. The molecule has 7 nitrogen and oxygen atoms in total. The maximum Gasteiger partial charge on any atom is 0.315 e. The lowest BCUT2D eigenvalue weighted by Gasteiger charge is -2.07. The van der Waals surface area contributed by atoms with Gasteiger partial charge in [0.15, 0.2) is 0 Å². The summed E-state index contributed by atoms with van der Waals surface area (Å²) >= 11 is 0. The molecule has 7 heteroatoms. The first-order chi connectivity index (χ1) is 10.6. The van der Waals surface area contributed by atoms with Gasteiger partial charge in [-0.15, -0.1) is 0 Å². The molecule has 0 saturated heterocycles. The molecular formula is C15H20N2O5. The second-order valence-electron chi connectivity index (χ2n) is 4.48. The highest BCUT2D eigenvalue weighted by atomic mass is 16.5. The van der Waals surface area contributed by atoms with E-state index in [2.05, 4.69) is 15.4 Å². The number of hydrogen-bond donors (Lipinski definition) is 2. The number of carbonyl (C=O) groups is 3. The number of carbonyl (C=O) groups excluding carboxylic acids is 3. The highest BCUT2D eigenvalue weighted by Crippen LogP contribution is 2.10. The van der Waals surface area contributed by atoms with Gasteiger partial charge in [-0.25, -0.2) is 0 Å². The van der Waals surface area contributed by atoms with Gasteiger partial charge in [0.05, 0.1) is 7.11 Å². The Balaban J connectivity index is 2.46. The molecule has 120 valence electrons. The fourth-order valence-corrected chi connectivity index (χ4v) is 1.63. The van der Waals surface area contributed by atoms with Crippen molar-refractivity contribution in [3.8, 4) is 0 Å². The van der Waals surface area contributed by atoms with Crippen LogP contribution in [0.3, 0.4) is 0 Å². The zero-order chi connectivity index (χ0) is 16.4. The van der Waals surface area contributed by atoms with Gasteiger partial charge >= 0.3 is 5.97 Å². The zero-order valence-electron chi connectivity index (χ0n) is 12.7. The van der Waals surface area contributed by atoms with E-state index in [1.54, 1.807) is 31.4 Å². The van der Waals surface area contributed by atoms with Gasteiger partial charge in [-0.05, 0) is 30.7 Å². The molecule has 0 atom stereocenters. The average Bonchev–Trinajstić information content (AvgIpc) is 2.51. The smallest absolute Gasteiger partial charge is 0.315 e. The first-order valence-corrected chi connectivity index (χ1v) is 6.80. The number of benzene rings is 1. The Morgan fingerprint density at radius 3 is 2.36 bits per heavy atom. The summed E-state index contributed by atoms with van der Waals surface area (Å²) in [6.45, 7) is 1.12. The molecule has 0 aliphatic heterocycles. The van der Waals surface area contributed by atoms with Crippen LogP contribution in [0, 0.1) is 0 Å². The van der Waals surface area contributed by atoms with Crippen molar-refractivity contribution in [2.75, 3.05) is 32.7 Å². The Labute approximate surface area is 129 Å². The second-order valence-corrected chi connectivity index (χ2v) is 4.48. The summed E-state index contributed by atoms with van der Waals surface area (Å²) < 4.78 is 9.30. The van der Waals surface area contributed by atoms with Gasteiger partial charge in [-0.1, -0.05) is 0 Å². The Bertz CT molecular complexity index is 513. The molecule has 0 bridgehead atoms. The molecule has 0 aliphatic rings. The molecule has 1 aromatic carbocycles. The normalized spacial score (nSPS) is 9.91. The van der Waals surface area contributed by atoms with E-state index < -0.39 is 11.9 Å². The van der Waals surface area contributed by atoms with Crippen LogP contribution in [-0.2, 0) is 19.1 Å². The van der Waals surface area contributed by atoms with Crippen LogP contribution < -0.4 is 10.6 Å². The molecule has 0 aliphatic carbocycles. The molecule has 0 saturated carbocycles. The minimum atomic E-state index is -0.607. The molecule has 0 spiro atoms. The summed E-state index contributed by atoms with van der Waals surface area (Å²) in [5.41, 5.74) is 0.994. The molecule has 0 unspecified atom stereocenters. The average molecular weight is 308 g/mol. The lowest BCUT2D eigenvalue weighted by atomic mass is 10.2. The van der Waals surface area contributed by atoms with E-state index in [9.17, 15) is 14.4 Å². The van der Waals surface area contributed by atoms with E-state index >= 15 is 0 Å². The molecule has 2 N–H and O–H groups in total. The van der Waals surface area contributed by atoms with Crippen molar-refractivity contribution >= 4 is 23.5 Å². The topological polar surface area (TPSA) is 93.7 Å². The predicted octanol–water partition coefficient (Wildman–Crippen LogP) is 0.954. The van der Waals surface area contributed by atoms with E-state index in [1.807, 2.05) is 0 Å². The third-order valence-electron chi connectivity index (χ3n) is 2.77. The first kappa shape index (κ1) is 17.6. The van der Waals surface area contributed by atoms with Crippen molar-refractivity contribution in [2.24, 2.45) is 0 Å². The third-order valence-corrected chi connectivity index (χ3v) is 2.77. The molecule has 0 radical (unpaired) electrons. The van der Waals surface area contributed by atoms with Gasteiger partial charge < -0.3 is 20.1 Å². The van der Waals surface area contributed by atoms with E-state index in [0.29, 0.717) is 24.4 Å². The SMILES string of the molecule is COCCCNC(=O)c1ccc(NC(=O)CC(=O)OC)cc1. The Kier molecular flexibility index (Phi) is 7.63. The van der Waals surface area contributed by atoms with Crippen LogP contribution in [0.25, 0.3) is 0 Å². The molecule has 0 heterocycles. The number of amides is 2. The van der Waals surface area contributed by atoms with Crippen LogP contribution in [0.1, 0.15) is 23.2 Å². The largest absolute Gasteiger partial charge is 0.469 e. The van der Waals surface area contributed by atoms with Crippen LogP contribution in [0.2, 0.25) is 0 Å². The van der Waals surface area contributed by atoms with Crippen molar-refractivity contribution in [3.63, 3.8) is 0 Å². The number of nitrogens with one attached hydrogen (secondary N) is 2. The van der Waals surface area contributed by atoms with Crippen molar-refractivity contribution in [3.05, 3.63) is 29.8 Å². The minimum Gasteiger partial charge on any atom is -0.469 e. The van der Waals surface area contributed by atoms with Gasteiger partial charge in [0.25, 0.3) is 5.91 Å². The molecule has 1 rings (SSSR count). The number of ether oxygens (including phenoxy) is 2. The predicted molar refractivity (Wildman–Crippen MR) is 80.5 cm³/mol. The Morgan fingerprint density at radius 1 is 1.09 bits per heavy atom. The van der Waals surface area contributed by atoms with Crippen molar-refractivity contribution in [2.45, 2.75) is 12.8 Å². The van der Waals surface area contributed by atoms with Crippen LogP contribution in [-0.4, -0.2) is 45.2 Å². The van der Waals surface area contributed by atoms with Gasteiger partial charge in [0, 0.05) is 31.5 Å². The standard InChI is InChI=1S/C15H20N2O5/c1-21-9-3-8-16-15(20)11-4-6-12(7-5-11)17-13(18)10-14(19)22-2/h4-7H,3,8-10H2,1-2H3,(H,16,20)(H,17,18). The third kappa shape index (κ3) is 6.36. The highest BCUT2D eigenvalue weighted by Gasteiger charge is 2.10. The summed E-state index contributed by atoms with van der Waals surface area (Å²) in [7, 11) is 2.82. The highest BCUT2D eigenvalue weighted by molar-refractivity contribution is 6.02. The fourth-order valence-electron chi connectivity index (χ4n) is 1.63. The fraction of sp³-hybridized carbons (Fsp3) is 0.400. The quantitative estimate of drug-likeness (QED) is 0.424. The van der Waals surface area contributed by atoms with Crippen LogP contribution in [0.15, 0.2) is 24.3 Å². The van der Waals surface area contributed by atoms with Gasteiger partial charge in [0.1, 0.15) is 6.42 Å². The van der Waals surface area contributed by atoms with Gasteiger partial charge in [-0.3, -0.25) is 14.4 Å². The number of anilines is 1. The first-order valence-electron chi connectivity index (χ1n) is 6.80. The van der Waals surface area contributed by atoms with Crippen molar-refractivity contribution in [1.29, 1.82) is 0 Å². The summed E-state index contributed by atoms with van der Waals surface area (Å²) in [5, 5.41) is 5.31. The van der Waals surface area contributed by atoms with Gasteiger partial charge in [0.2, 0.25) is 5.91 Å². The maximum absolute atomic E-state index is 11.8. The monoisotopic (exact) mass is 308 g/mol. The molecule has 1 aromatic rings. The molecule has 2 amide bonds. The van der Waals surface area contributed by atoms with E-state index in [0.717, 1.165) is 6.42 Å². The van der Waals surface area contributed by atoms with Crippen LogP contribution >= 0.6 is 0 Å². The summed E-state index contributed by atoms with van der Waals surface area (Å²) in [5.74, 6) is -1.27. The summed E-state index contributed by atoms with van der Waals surface area (Å²) in [4.78, 5) is 34.3. The molecular weight excluding hydrogens is 288 g/mol. The Morgan fingerprint density at radius 2 is 1.77 bits per heavy atom. The van der Waals surface area contributed by atoms with Crippen LogP contribution in [0.4, 0.5) is 5.69 Å². The summed E-state index contributed by atoms with van der Waals surface area (Å²) in [6.07, 6.45) is 0.391. The lowest BCUT2D eigenvalue weighted by Crippen LogP contribution is -2.25. The number of methoxy groups -OCH3 is 2. The molecule has 22 heavy (non-hydrogen) atoms. The number of rotatable bonds is 8. The van der Waals surface area contributed by atoms with Gasteiger partial charge in [-0.2, -0.15) is 0 Å². The summed E-state index contributed by atoms with van der Waals surface area (Å²) in [6, 6.07) is 6.39.